The number of nitrogens with zero attached hydrogens (tertiary/aromatic N) is 2. The number of anilines is 3. The van der Waals surface area contributed by atoms with Crippen molar-refractivity contribution in [3.63, 3.8) is 0 Å². The van der Waals surface area contributed by atoms with Crippen LogP contribution in [0.3, 0.4) is 0 Å². The zero-order chi connectivity index (χ0) is 21.9. The van der Waals surface area contributed by atoms with E-state index in [1.54, 1.807) is 12.1 Å². The zero-order valence-electron chi connectivity index (χ0n) is 16.7. The van der Waals surface area contributed by atoms with Gasteiger partial charge in [-0.3, -0.25) is 5.41 Å². The Morgan fingerprint density at radius 2 is 2.03 bits per heavy atom. The van der Waals surface area contributed by atoms with Gasteiger partial charge in [-0.25, -0.2) is 23.1 Å². The van der Waals surface area contributed by atoms with E-state index in [1.807, 2.05) is 13.8 Å². The highest BCUT2D eigenvalue weighted by Crippen LogP contribution is 2.33. The third-order valence-corrected chi connectivity index (χ3v) is 5.54. The zero-order valence-corrected chi connectivity index (χ0v) is 17.5. The van der Waals surface area contributed by atoms with Gasteiger partial charge in [0.05, 0.1) is 28.5 Å². The predicted molar refractivity (Wildman–Crippen MR) is 112 cm³/mol. The van der Waals surface area contributed by atoms with Crippen LogP contribution in [-0.2, 0) is 10.0 Å². The number of nitrogens with one attached hydrogen (secondary N) is 2. The van der Waals surface area contributed by atoms with Crippen molar-refractivity contribution in [2.45, 2.75) is 24.8 Å². The molecule has 2 heterocycles. The summed E-state index contributed by atoms with van der Waals surface area (Å²) in [5.41, 5.74) is 7.70. The summed E-state index contributed by atoms with van der Waals surface area (Å²) in [7, 11) is -2.34. The molecule has 0 fully saturated rings. The lowest BCUT2D eigenvalue weighted by atomic mass is 10.1. The first kappa shape index (κ1) is 21.3. The fourth-order valence-electron chi connectivity index (χ4n) is 2.70. The quantitative estimate of drug-likeness (QED) is 0.379. The lowest BCUT2D eigenvalue weighted by Gasteiger charge is -2.17. The Balaban J connectivity index is 2.10. The van der Waals surface area contributed by atoms with E-state index in [4.69, 9.17) is 20.3 Å². The molecule has 6 N–H and O–H groups in total. The molecule has 0 radical (unpaired) electrons. The number of hydrogen-bond acceptors (Lipinski definition) is 8. The maximum Gasteiger partial charge on any atom is 0.240 e. The van der Waals surface area contributed by atoms with Crippen molar-refractivity contribution in [3.8, 4) is 5.75 Å². The van der Waals surface area contributed by atoms with Gasteiger partial charge in [-0.15, -0.1) is 0 Å². The first-order valence-electron chi connectivity index (χ1n) is 9.00. The number of hydrogen-bond donors (Lipinski definition) is 4. The number of benzene rings is 1. The summed E-state index contributed by atoms with van der Waals surface area (Å²) < 4.78 is 37.7. The van der Waals surface area contributed by atoms with Crippen LogP contribution in [0.2, 0.25) is 0 Å². The van der Waals surface area contributed by atoms with Crippen molar-refractivity contribution in [1.82, 2.24) is 14.7 Å². The number of nitrogens with two attached hydrogens (primary N) is 2. The number of sulfonamides is 1. The van der Waals surface area contributed by atoms with Crippen molar-refractivity contribution >= 4 is 33.1 Å². The minimum atomic E-state index is -3.67. The normalized spacial score (nSPS) is 11.5. The van der Waals surface area contributed by atoms with Gasteiger partial charge in [-0.05, 0) is 45.2 Å². The SMILES string of the molecule is CNS(=O)(=O)c1ccc(OC(C)C)c(Nc2ncnc(N)c2C(=[NH2+])c2ccoc2)c1. The van der Waals surface area contributed by atoms with Crippen LogP contribution in [0.25, 0.3) is 0 Å². The Kier molecular flexibility index (Phi) is 6.04. The molecular weight excluding hydrogens is 408 g/mol. The average Bonchev–Trinajstić information content (AvgIpc) is 3.23. The maximum absolute atomic E-state index is 12.3. The van der Waals surface area contributed by atoms with Crippen LogP contribution in [0, 0.1) is 0 Å². The van der Waals surface area contributed by atoms with Gasteiger partial charge in [0.25, 0.3) is 0 Å². The van der Waals surface area contributed by atoms with Gasteiger partial charge in [0.1, 0.15) is 35.5 Å². The third kappa shape index (κ3) is 4.42. The maximum atomic E-state index is 12.3. The molecule has 3 rings (SSSR count). The lowest BCUT2D eigenvalue weighted by Crippen LogP contribution is -2.41. The molecule has 0 aliphatic heterocycles. The highest BCUT2D eigenvalue weighted by molar-refractivity contribution is 7.89. The van der Waals surface area contributed by atoms with Crippen molar-refractivity contribution < 1.29 is 23.0 Å². The molecule has 3 aromatic rings. The second-order valence-electron chi connectivity index (χ2n) is 6.57. The van der Waals surface area contributed by atoms with Gasteiger partial charge in [0.2, 0.25) is 15.7 Å². The van der Waals surface area contributed by atoms with E-state index in [0.29, 0.717) is 28.3 Å². The van der Waals surface area contributed by atoms with E-state index in [0.717, 1.165) is 0 Å². The number of rotatable bonds is 8. The number of furan rings is 1. The summed E-state index contributed by atoms with van der Waals surface area (Å²) >= 11 is 0. The highest BCUT2D eigenvalue weighted by Gasteiger charge is 2.23. The second kappa shape index (κ2) is 8.51. The summed E-state index contributed by atoms with van der Waals surface area (Å²) in [6, 6.07) is 6.15. The molecule has 11 heteroatoms. The van der Waals surface area contributed by atoms with Gasteiger partial charge in [0.15, 0.2) is 0 Å². The van der Waals surface area contributed by atoms with Crippen LogP contribution in [0.4, 0.5) is 17.3 Å². The minimum absolute atomic E-state index is 0.0546. The highest BCUT2D eigenvalue weighted by atomic mass is 32.2. The summed E-state index contributed by atoms with van der Waals surface area (Å²) in [6.07, 6.45) is 4.09. The van der Waals surface area contributed by atoms with Gasteiger partial charge in [-0.1, -0.05) is 0 Å². The van der Waals surface area contributed by atoms with Crippen LogP contribution in [0.5, 0.6) is 5.75 Å². The number of nitrogen functional groups attached to an aromatic ring is 1. The van der Waals surface area contributed by atoms with Crippen LogP contribution in [0.15, 0.2) is 52.4 Å². The molecule has 158 valence electrons. The van der Waals surface area contributed by atoms with E-state index >= 15 is 0 Å². The fraction of sp³-hybridized carbons (Fsp3) is 0.211. The summed E-state index contributed by atoms with van der Waals surface area (Å²) in [5, 5.41) is 9.36. The first-order chi connectivity index (χ1) is 14.2. The summed E-state index contributed by atoms with van der Waals surface area (Å²) in [5.74, 6) is 0.871. The predicted octanol–water partition coefficient (Wildman–Crippen LogP) is 0.687. The molecule has 2 aromatic heterocycles. The van der Waals surface area contributed by atoms with E-state index in [9.17, 15) is 8.42 Å². The molecule has 1 aromatic carbocycles. The van der Waals surface area contributed by atoms with E-state index in [-0.39, 0.29) is 22.6 Å². The standard InChI is InChI=1S/C19H22N6O4S/c1-11(2)29-15-5-4-13(30(26,27)22-3)8-14(15)25-19-16(18(21)23-10-24-19)17(20)12-6-7-28-9-12/h4-11,20,22H,1-3H3,(H3,21,23,24,25)/p+1. The molecule has 0 aliphatic rings. The summed E-state index contributed by atoms with van der Waals surface area (Å²) in [6.45, 7) is 3.72. The molecule has 0 saturated heterocycles. The largest absolute Gasteiger partial charge is 0.489 e. The molecule has 0 saturated carbocycles. The Morgan fingerprint density at radius 3 is 2.67 bits per heavy atom. The van der Waals surface area contributed by atoms with E-state index < -0.39 is 10.0 Å². The third-order valence-electron chi connectivity index (χ3n) is 4.12. The van der Waals surface area contributed by atoms with Crippen molar-refractivity contribution in [2.24, 2.45) is 0 Å². The molecule has 30 heavy (non-hydrogen) atoms. The van der Waals surface area contributed by atoms with Gasteiger partial charge < -0.3 is 20.2 Å². The van der Waals surface area contributed by atoms with Crippen molar-refractivity contribution in [1.29, 1.82) is 0 Å². The van der Waals surface area contributed by atoms with Crippen molar-refractivity contribution in [2.75, 3.05) is 18.1 Å². The topological polar surface area (TPSA) is 158 Å². The Bertz CT molecular complexity index is 1160. The Hall–Kier alpha value is -3.44. The Morgan fingerprint density at radius 1 is 1.27 bits per heavy atom. The molecule has 0 unspecified atom stereocenters. The van der Waals surface area contributed by atoms with Crippen LogP contribution < -0.4 is 25.9 Å². The monoisotopic (exact) mass is 431 g/mol. The fourth-order valence-corrected chi connectivity index (χ4v) is 3.45. The van der Waals surface area contributed by atoms with Gasteiger partial charge in [0, 0.05) is 0 Å². The molecular formula is C19H23N6O4S+. The van der Waals surface area contributed by atoms with Crippen molar-refractivity contribution in [3.05, 3.63) is 54.2 Å². The first-order valence-corrected chi connectivity index (χ1v) is 10.5. The molecule has 10 nitrogen and oxygen atoms in total. The lowest BCUT2D eigenvalue weighted by molar-refractivity contribution is -0.111. The van der Waals surface area contributed by atoms with Gasteiger partial charge in [-0.2, -0.15) is 0 Å². The Labute approximate surface area is 174 Å². The smallest absolute Gasteiger partial charge is 0.240 e. The van der Waals surface area contributed by atoms with Crippen LogP contribution in [0.1, 0.15) is 25.0 Å². The molecule has 0 aliphatic carbocycles. The van der Waals surface area contributed by atoms with Crippen LogP contribution in [-0.4, -0.2) is 37.2 Å². The van der Waals surface area contributed by atoms with E-state index in [1.165, 1.54) is 38.0 Å². The molecule has 0 atom stereocenters. The van der Waals surface area contributed by atoms with Crippen LogP contribution >= 0.6 is 0 Å². The number of ether oxygens (including phenoxy) is 1. The number of aromatic nitrogens is 2. The second-order valence-corrected chi connectivity index (χ2v) is 8.45. The summed E-state index contributed by atoms with van der Waals surface area (Å²) in [4.78, 5) is 8.31. The molecule has 0 spiro atoms. The van der Waals surface area contributed by atoms with Gasteiger partial charge >= 0.3 is 0 Å². The molecule has 0 amide bonds. The average molecular weight is 431 g/mol. The minimum Gasteiger partial charge on any atom is -0.489 e. The van der Waals surface area contributed by atoms with E-state index in [2.05, 4.69) is 20.0 Å². The molecule has 0 bridgehead atoms.